The predicted molar refractivity (Wildman–Crippen MR) is 66.7 cm³/mol. The van der Waals surface area contributed by atoms with Gasteiger partial charge in [-0.15, -0.1) is 0 Å². The molecular formula is C11H19N3O3S. The van der Waals surface area contributed by atoms with Crippen LogP contribution in [0.5, 0.6) is 0 Å². The van der Waals surface area contributed by atoms with Crippen LogP contribution in [-0.4, -0.2) is 46.8 Å². The quantitative estimate of drug-likeness (QED) is 0.830. The van der Waals surface area contributed by atoms with Crippen molar-refractivity contribution < 1.29 is 13.5 Å². The van der Waals surface area contributed by atoms with Gasteiger partial charge in [-0.05, 0) is 26.7 Å². The Morgan fingerprint density at radius 2 is 2.06 bits per heavy atom. The maximum absolute atomic E-state index is 12.6. The smallest absolute Gasteiger partial charge is 0.247 e. The Bertz CT molecular complexity index is 546. The van der Waals surface area contributed by atoms with E-state index in [0.29, 0.717) is 11.4 Å². The molecule has 0 radical (unpaired) electrons. The van der Waals surface area contributed by atoms with Crippen molar-refractivity contribution in [3.63, 3.8) is 0 Å². The number of aromatic nitrogens is 2. The zero-order valence-electron chi connectivity index (χ0n) is 10.9. The Kier molecular flexibility index (Phi) is 3.48. The van der Waals surface area contributed by atoms with E-state index in [-0.39, 0.29) is 24.1 Å². The molecule has 0 saturated heterocycles. The minimum absolute atomic E-state index is 0.0427. The van der Waals surface area contributed by atoms with Gasteiger partial charge in [-0.3, -0.25) is 4.68 Å². The number of aliphatic hydroxyl groups excluding tert-OH is 1. The molecule has 0 bridgehead atoms. The summed E-state index contributed by atoms with van der Waals surface area (Å²) in [5, 5.41) is 13.2. The summed E-state index contributed by atoms with van der Waals surface area (Å²) >= 11 is 0. The van der Waals surface area contributed by atoms with E-state index in [1.807, 2.05) is 0 Å². The first-order valence-corrected chi connectivity index (χ1v) is 7.46. The Morgan fingerprint density at radius 1 is 1.44 bits per heavy atom. The molecule has 1 fully saturated rings. The molecule has 1 aliphatic carbocycles. The molecule has 1 saturated carbocycles. The van der Waals surface area contributed by atoms with Gasteiger partial charge in [-0.1, -0.05) is 0 Å². The highest BCUT2D eigenvalue weighted by Gasteiger charge is 2.39. The lowest BCUT2D eigenvalue weighted by Crippen LogP contribution is -2.36. The zero-order chi connectivity index (χ0) is 13.5. The predicted octanol–water partition coefficient (Wildman–Crippen LogP) is 0.182. The molecule has 102 valence electrons. The largest absolute Gasteiger partial charge is 0.395 e. The SMILES string of the molecule is Cc1nn(C)c(C)c1S(=O)(=O)N(CCO)C1CC1. The van der Waals surface area contributed by atoms with Gasteiger partial charge in [-0.2, -0.15) is 9.40 Å². The first-order valence-electron chi connectivity index (χ1n) is 6.02. The molecule has 1 aliphatic rings. The summed E-state index contributed by atoms with van der Waals surface area (Å²) in [6, 6.07) is 0.0427. The summed E-state index contributed by atoms with van der Waals surface area (Å²) in [5.41, 5.74) is 1.15. The molecule has 6 nitrogen and oxygen atoms in total. The number of aryl methyl sites for hydroxylation is 2. The Labute approximate surface area is 107 Å². The second-order valence-corrected chi connectivity index (χ2v) is 6.52. The summed E-state index contributed by atoms with van der Waals surface area (Å²) in [6.07, 6.45) is 1.75. The Morgan fingerprint density at radius 3 is 2.44 bits per heavy atom. The molecular weight excluding hydrogens is 254 g/mol. The minimum atomic E-state index is -3.55. The molecule has 1 aromatic heterocycles. The van der Waals surface area contributed by atoms with E-state index in [0.717, 1.165) is 12.8 Å². The van der Waals surface area contributed by atoms with Crippen LogP contribution in [0.3, 0.4) is 0 Å². The van der Waals surface area contributed by atoms with Crippen LogP contribution in [0.1, 0.15) is 24.2 Å². The van der Waals surface area contributed by atoms with Gasteiger partial charge < -0.3 is 5.11 Å². The molecule has 0 spiro atoms. The summed E-state index contributed by atoms with van der Waals surface area (Å²) < 4.78 is 28.2. The van der Waals surface area contributed by atoms with Crippen LogP contribution in [0.4, 0.5) is 0 Å². The molecule has 0 atom stereocenters. The lowest BCUT2D eigenvalue weighted by atomic mass is 10.4. The van der Waals surface area contributed by atoms with Gasteiger partial charge >= 0.3 is 0 Å². The van der Waals surface area contributed by atoms with E-state index in [9.17, 15) is 8.42 Å². The van der Waals surface area contributed by atoms with E-state index in [4.69, 9.17) is 5.11 Å². The maximum Gasteiger partial charge on any atom is 0.247 e. The fourth-order valence-corrected chi connectivity index (χ4v) is 4.28. The van der Waals surface area contributed by atoms with Gasteiger partial charge in [0.2, 0.25) is 10.0 Å². The number of rotatable bonds is 5. The Balaban J connectivity index is 2.46. The van der Waals surface area contributed by atoms with Gasteiger partial charge in [0.1, 0.15) is 4.90 Å². The summed E-state index contributed by atoms with van der Waals surface area (Å²) in [7, 11) is -1.82. The number of hydrogen-bond acceptors (Lipinski definition) is 4. The van der Waals surface area contributed by atoms with E-state index in [2.05, 4.69) is 5.10 Å². The lowest BCUT2D eigenvalue weighted by Gasteiger charge is -2.20. The van der Waals surface area contributed by atoms with Crippen molar-refractivity contribution in [3.05, 3.63) is 11.4 Å². The van der Waals surface area contributed by atoms with Crippen LogP contribution in [0.2, 0.25) is 0 Å². The first kappa shape index (κ1) is 13.5. The standard InChI is InChI=1S/C11H19N3O3S/c1-8-11(9(2)13(3)12-8)18(16,17)14(6-7-15)10-4-5-10/h10,15H,4-7H2,1-3H3. The fraction of sp³-hybridized carbons (Fsp3) is 0.727. The molecule has 1 aromatic rings. The Hall–Kier alpha value is -0.920. The van der Waals surface area contributed by atoms with Crippen molar-refractivity contribution in [2.75, 3.05) is 13.2 Å². The fourth-order valence-electron chi connectivity index (χ4n) is 2.20. The molecule has 1 heterocycles. The van der Waals surface area contributed by atoms with Crippen LogP contribution in [-0.2, 0) is 17.1 Å². The molecule has 0 aliphatic heterocycles. The van der Waals surface area contributed by atoms with Crippen molar-refractivity contribution in [2.24, 2.45) is 7.05 Å². The maximum atomic E-state index is 12.6. The second-order valence-electron chi connectivity index (χ2n) is 4.69. The average molecular weight is 273 g/mol. The topological polar surface area (TPSA) is 75.4 Å². The normalized spacial score (nSPS) is 16.5. The van der Waals surface area contributed by atoms with Gasteiger partial charge in [0.15, 0.2) is 0 Å². The van der Waals surface area contributed by atoms with Crippen LogP contribution in [0, 0.1) is 13.8 Å². The van der Waals surface area contributed by atoms with Crippen molar-refractivity contribution in [3.8, 4) is 0 Å². The minimum Gasteiger partial charge on any atom is -0.395 e. The average Bonchev–Trinajstić information content (AvgIpc) is 3.04. The van der Waals surface area contributed by atoms with Crippen molar-refractivity contribution in [2.45, 2.75) is 37.6 Å². The van der Waals surface area contributed by atoms with Crippen molar-refractivity contribution in [1.82, 2.24) is 14.1 Å². The van der Waals surface area contributed by atoms with Crippen LogP contribution in [0.15, 0.2) is 4.90 Å². The van der Waals surface area contributed by atoms with Crippen LogP contribution in [0.25, 0.3) is 0 Å². The first-order chi connectivity index (χ1) is 8.39. The highest BCUT2D eigenvalue weighted by atomic mass is 32.2. The summed E-state index contributed by atoms with van der Waals surface area (Å²) in [6.45, 7) is 3.44. The third-order valence-corrected chi connectivity index (χ3v) is 5.49. The molecule has 0 unspecified atom stereocenters. The van der Waals surface area contributed by atoms with Gasteiger partial charge in [0.05, 0.1) is 18.0 Å². The molecule has 0 amide bonds. The molecule has 18 heavy (non-hydrogen) atoms. The number of nitrogens with zero attached hydrogens (tertiary/aromatic N) is 3. The number of sulfonamides is 1. The second kappa shape index (κ2) is 4.64. The summed E-state index contributed by atoms with van der Waals surface area (Å²) in [5.74, 6) is 0. The van der Waals surface area contributed by atoms with Crippen LogP contribution < -0.4 is 0 Å². The van der Waals surface area contributed by atoms with Gasteiger partial charge in [-0.25, -0.2) is 8.42 Å². The van der Waals surface area contributed by atoms with Crippen molar-refractivity contribution in [1.29, 1.82) is 0 Å². The zero-order valence-corrected chi connectivity index (χ0v) is 11.7. The highest BCUT2D eigenvalue weighted by Crippen LogP contribution is 2.33. The molecule has 2 rings (SSSR count). The number of hydrogen-bond donors (Lipinski definition) is 1. The summed E-state index contributed by atoms with van der Waals surface area (Å²) in [4.78, 5) is 0.283. The number of aliphatic hydroxyl groups is 1. The van der Waals surface area contributed by atoms with E-state index >= 15 is 0 Å². The molecule has 0 aromatic carbocycles. The lowest BCUT2D eigenvalue weighted by molar-refractivity contribution is 0.250. The third-order valence-electron chi connectivity index (χ3n) is 3.28. The van der Waals surface area contributed by atoms with E-state index in [1.165, 1.54) is 4.31 Å². The monoisotopic (exact) mass is 273 g/mol. The van der Waals surface area contributed by atoms with Gasteiger partial charge in [0.25, 0.3) is 0 Å². The van der Waals surface area contributed by atoms with Crippen LogP contribution >= 0.6 is 0 Å². The molecule has 7 heteroatoms. The van der Waals surface area contributed by atoms with E-state index < -0.39 is 10.0 Å². The third kappa shape index (κ3) is 2.17. The highest BCUT2D eigenvalue weighted by molar-refractivity contribution is 7.89. The van der Waals surface area contributed by atoms with Crippen molar-refractivity contribution >= 4 is 10.0 Å². The molecule has 1 N–H and O–H groups in total. The van der Waals surface area contributed by atoms with Gasteiger partial charge in [0, 0.05) is 19.6 Å². The van der Waals surface area contributed by atoms with E-state index in [1.54, 1.807) is 25.6 Å².